The summed E-state index contributed by atoms with van der Waals surface area (Å²) in [4.78, 5) is 0.376. The maximum absolute atomic E-state index is 11.4. The predicted molar refractivity (Wildman–Crippen MR) is 87.5 cm³/mol. The zero-order valence-corrected chi connectivity index (χ0v) is 17.0. The van der Waals surface area contributed by atoms with Gasteiger partial charge in [-0.3, -0.25) is 8.74 Å². The van der Waals surface area contributed by atoms with Gasteiger partial charge in [-0.25, -0.2) is 8.42 Å². The van der Waals surface area contributed by atoms with Gasteiger partial charge in [0.1, 0.15) is 0 Å². The molecule has 0 bridgehead atoms. The first-order valence-corrected chi connectivity index (χ1v) is 11.1. The molecule has 130 valence electrons. The molecule has 0 aliphatic rings. The normalized spacial score (nSPS) is 11.0. The molecule has 0 heterocycles. The number of aryl methyl sites for hydroxylation is 1. The summed E-state index contributed by atoms with van der Waals surface area (Å²) >= 11 is 1.61. The van der Waals surface area contributed by atoms with Crippen molar-refractivity contribution in [2.45, 2.75) is 11.8 Å². The van der Waals surface area contributed by atoms with Gasteiger partial charge in [0.2, 0.25) is 0 Å². The monoisotopic (exact) mass is 538 g/mol. The molecule has 0 saturated heterocycles. The standard InChI is InChI=1S/C12H12O2S.CH4O4S.CH2.Os/c1-9-4-3-5-10-8-11(15(2,13)14)6-7-12(9)10;1-5-6(2,3)4;;/h3-8H,1-2H3;1H3,(H,2,3,4);1H2;. The molecule has 6 nitrogen and oxygen atoms in total. The quantitative estimate of drug-likeness (QED) is 0.590. The van der Waals surface area contributed by atoms with Gasteiger partial charge in [-0.2, -0.15) is 8.42 Å². The van der Waals surface area contributed by atoms with Gasteiger partial charge >= 0.3 is 33.6 Å². The second-order valence-corrected chi connectivity index (χ2v) is 7.53. The van der Waals surface area contributed by atoms with Crippen molar-refractivity contribution in [1.82, 2.24) is 0 Å². The molecule has 0 fully saturated rings. The molecule has 0 aliphatic carbocycles. The van der Waals surface area contributed by atoms with Crippen LogP contribution in [0.3, 0.4) is 0 Å². The van der Waals surface area contributed by atoms with Crippen LogP contribution in [0, 0.1) is 6.92 Å². The molecule has 0 amide bonds. The van der Waals surface area contributed by atoms with Gasteiger partial charge < -0.3 is 0 Å². The van der Waals surface area contributed by atoms with Crippen LogP contribution in [0.4, 0.5) is 0 Å². The van der Waals surface area contributed by atoms with Crippen molar-refractivity contribution in [3.8, 4) is 0 Å². The van der Waals surface area contributed by atoms with E-state index >= 15 is 0 Å². The summed E-state index contributed by atoms with van der Waals surface area (Å²) in [5, 5.41) is 5.35. The van der Waals surface area contributed by atoms with Gasteiger partial charge in [0.05, 0.1) is 12.0 Å². The fourth-order valence-corrected chi connectivity index (χ4v) is 2.31. The van der Waals surface area contributed by atoms with Gasteiger partial charge in [-0.1, -0.05) is 24.3 Å². The van der Waals surface area contributed by atoms with E-state index < -0.39 is 20.2 Å². The van der Waals surface area contributed by atoms with Gasteiger partial charge in [-0.15, -0.1) is 0 Å². The van der Waals surface area contributed by atoms with Crippen molar-refractivity contribution >= 4 is 36.1 Å². The molecule has 23 heavy (non-hydrogen) atoms. The Morgan fingerprint density at radius 2 is 1.61 bits per heavy atom. The predicted octanol–water partition coefficient (Wildman–Crippen LogP) is 1.95. The minimum absolute atomic E-state index is 0.376. The fraction of sp³-hybridized carbons (Fsp3) is 0.214. The molecule has 0 atom stereocenters. The molecule has 0 aromatic heterocycles. The van der Waals surface area contributed by atoms with Crippen LogP contribution in [-0.4, -0.2) is 39.8 Å². The molecule has 0 unspecified atom stereocenters. The zero-order valence-electron chi connectivity index (χ0n) is 12.8. The summed E-state index contributed by atoms with van der Waals surface area (Å²) < 4.78 is 52.4. The summed E-state index contributed by atoms with van der Waals surface area (Å²) in [7, 11) is -6.40. The maximum atomic E-state index is 11.4. The first-order valence-electron chi connectivity index (χ1n) is 6.02. The molecule has 2 rings (SSSR count). The van der Waals surface area contributed by atoms with Crippen molar-refractivity contribution in [2.75, 3.05) is 13.4 Å². The van der Waals surface area contributed by atoms with E-state index in [1.165, 1.54) is 6.26 Å². The van der Waals surface area contributed by atoms with Crippen LogP contribution < -0.4 is 0 Å². The minimum atomic E-state index is -4.16. The summed E-state index contributed by atoms with van der Waals surface area (Å²) in [5.41, 5.74) is 1.16. The van der Waals surface area contributed by atoms with E-state index in [-0.39, 0.29) is 0 Å². The van der Waals surface area contributed by atoms with Crippen LogP contribution in [-0.2, 0) is 42.6 Å². The summed E-state index contributed by atoms with van der Waals surface area (Å²) in [6.45, 7) is 2.02. The third-order valence-electron chi connectivity index (χ3n) is 2.71. The molecule has 0 aliphatic heterocycles. The molecule has 1 N–H and O–H groups in total. The van der Waals surface area contributed by atoms with E-state index in [4.69, 9.17) is 4.55 Å². The van der Waals surface area contributed by atoms with E-state index in [0.29, 0.717) is 4.90 Å². The second kappa shape index (κ2) is 9.35. The second-order valence-electron chi connectivity index (χ2n) is 4.32. The Labute approximate surface area is 146 Å². The van der Waals surface area contributed by atoms with Crippen LogP contribution in [0.25, 0.3) is 10.8 Å². The zero-order chi connectivity index (χ0) is 18.3. The third kappa shape index (κ3) is 7.91. The van der Waals surface area contributed by atoms with E-state index in [1.54, 1.807) is 30.3 Å². The van der Waals surface area contributed by atoms with Crippen LogP contribution in [0.2, 0.25) is 0 Å². The molecular weight excluding hydrogens is 519 g/mol. The summed E-state index contributed by atoms with van der Waals surface area (Å²) in [6, 6.07) is 11.1. The van der Waals surface area contributed by atoms with Crippen molar-refractivity contribution in [3.05, 3.63) is 42.0 Å². The van der Waals surface area contributed by atoms with Crippen LogP contribution >= 0.6 is 0 Å². The number of benzene rings is 2. The van der Waals surface area contributed by atoms with Crippen LogP contribution in [0.5, 0.6) is 0 Å². The third-order valence-corrected chi connectivity index (χ3v) is 4.24. The Morgan fingerprint density at radius 3 is 2.04 bits per heavy atom. The SMILES string of the molecule is COS(=O)(=O)O.Cc1cccc2cc(S(C)(=O)=O)ccc12.[CH2]=[Os]. The van der Waals surface area contributed by atoms with Crippen molar-refractivity contribution in [2.24, 2.45) is 0 Å². The molecule has 2 aromatic rings. The van der Waals surface area contributed by atoms with E-state index in [9.17, 15) is 16.8 Å². The Hall–Kier alpha value is -0.974. The van der Waals surface area contributed by atoms with Crippen molar-refractivity contribution in [1.29, 1.82) is 0 Å². The average Bonchev–Trinajstić information content (AvgIpc) is 2.48. The molecule has 0 spiro atoms. The molecule has 9 heteroatoms. The van der Waals surface area contributed by atoms with Gasteiger partial charge in [0.25, 0.3) is 0 Å². The number of hydrogen-bond acceptors (Lipinski definition) is 5. The van der Waals surface area contributed by atoms with Crippen molar-refractivity contribution < 1.29 is 43.7 Å². The van der Waals surface area contributed by atoms with E-state index in [1.807, 2.05) is 31.2 Å². The fourth-order valence-electron chi connectivity index (χ4n) is 1.65. The van der Waals surface area contributed by atoms with E-state index in [0.717, 1.165) is 23.4 Å². The molecule has 0 saturated carbocycles. The number of fused-ring (bicyclic) bond motifs is 1. The number of sulfone groups is 1. The topological polar surface area (TPSA) is 97.7 Å². The summed E-state index contributed by atoms with van der Waals surface area (Å²) in [6.07, 6.45) is 1.23. The Kier molecular flexibility index (Phi) is 8.96. The average molecular weight is 537 g/mol. The molecule has 2 aromatic carbocycles. The summed E-state index contributed by atoms with van der Waals surface area (Å²) in [5.74, 6) is 0. The molecule has 0 radical (unpaired) electrons. The van der Waals surface area contributed by atoms with Gasteiger partial charge in [0.15, 0.2) is 9.84 Å². The van der Waals surface area contributed by atoms with Crippen LogP contribution in [0.1, 0.15) is 5.56 Å². The van der Waals surface area contributed by atoms with E-state index in [2.05, 4.69) is 9.25 Å². The Balaban J connectivity index is 0.000000515. The first-order chi connectivity index (χ1) is 10.5. The van der Waals surface area contributed by atoms with Crippen molar-refractivity contribution in [3.63, 3.8) is 0 Å². The van der Waals surface area contributed by atoms with Gasteiger partial charge in [0, 0.05) is 6.26 Å². The number of hydrogen-bond donors (Lipinski definition) is 1. The molecular formula is C14H18O6OsS2. The number of rotatable bonds is 2. The van der Waals surface area contributed by atoms with Gasteiger partial charge in [-0.05, 0) is 35.4 Å². The Bertz CT molecular complexity index is 860. The first kappa shape index (κ1) is 22.0. The Morgan fingerprint density at radius 1 is 1.09 bits per heavy atom. The van der Waals surface area contributed by atoms with Crippen LogP contribution in [0.15, 0.2) is 41.3 Å².